The third-order valence-corrected chi connectivity index (χ3v) is 4.38. The molecule has 0 fully saturated rings. The Balaban J connectivity index is 1.85. The van der Waals surface area contributed by atoms with E-state index in [1.807, 2.05) is 36.4 Å². The number of methoxy groups -OCH3 is 1. The fourth-order valence-corrected chi connectivity index (χ4v) is 2.79. The third-order valence-electron chi connectivity index (χ3n) is 4.38. The first-order valence-corrected chi connectivity index (χ1v) is 9.67. The summed E-state index contributed by atoms with van der Waals surface area (Å²) in [5.74, 6) is 0.127. The van der Waals surface area contributed by atoms with Crippen molar-refractivity contribution in [3.63, 3.8) is 0 Å². The maximum absolute atomic E-state index is 11.9. The quantitative estimate of drug-likeness (QED) is 0.476. The van der Waals surface area contributed by atoms with Gasteiger partial charge >= 0.3 is 0 Å². The lowest BCUT2D eigenvalue weighted by Gasteiger charge is -2.21. The van der Waals surface area contributed by atoms with Gasteiger partial charge in [0.25, 0.3) is 0 Å². The van der Waals surface area contributed by atoms with Gasteiger partial charge in [-0.3, -0.25) is 9.59 Å². The summed E-state index contributed by atoms with van der Waals surface area (Å²) in [6.45, 7) is 6.00. The van der Waals surface area contributed by atoms with Crippen molar-refractivity contribution in [2.24, 2.45) is 5.10 Å². The Morgan fingerprint density at radius 2 is 1.72 bits per heavy atom. The van der Waals surface area contributed by atoms with Crippen LogP contribution in [0.4, 0.5) is 11.4 Å². The summed E-state index contributed by atoms with van der Waals surface area (Å²) >= 11 is 0. The Labute approximate surface area is 171 Å². The molecule has 0 bridgehead atoms. The molecule has 2 rings (SSSR count). The molecule has 7 heteroatoms. The minimum absolute atomic E-state index is 0.0496. The first-order valence-electron chi connectivity index (χ1n) is 9.67. The van der Waals surface area contributed by atoms with E-state index in [2.05, 4.69) is 34.6 Å². The molecule has 0 atom stereocenters. The summed E-state index contributed by atoms with van der Waals surface area (Å²) < 4.78 is 5.43. The molecule has 29 heavy (non-hydrogen) atoms. The number of para-hydroxylation sites is 1. The maximum Gasteiger partial charge on any atom is 0.240 e. The van der Waals surface area contributed by atoms with E-state index in [4.69, 9.17) is 4.74 Å². The Morgan fingerprint density at radius 1 is 1.03 bits per heavy atom. The van der Waals surface area contributed by atoms with Crippen LogP contribution >= 0.6 is 0 Å². The lowest BCUT2D eigenvalue weighted by molar-refractivity contribution is -0.124. The van der Waals surface area contributed by atoms with E-state index < -0.39 is 0 Å². The zero-order chi connectivity index (χ0) is 21.1. The van der Waals surface area contributed by atoms with E-state index in [-0.39, 0.29) is 24.7 Å². The minimum atomic E-state index is -0.330. The van der Waals surface area contributed by atoms with Crippen molar-refractivity contribution in [3.8, 4) is 5.75 Å². The van der Waals surface area contributed by atoms with Crippen LogP contribution in [0.2, 0.25) is 0 Å². The number of hydrogen-bond acceptors (Lipinski definition) is 5. The average Bonchev–Trinajstić information content (AvgIpc) is 2.74. The van der Waals surface area contributed by atoms with Crippen LogP contribution in [-0.4, -0.2) is 38.2 Å². The molecular weight excluding hydrogens is 368 g/mol. The topological polar surface area (TPSA) is 83.0 Å². The molecule has 0 radical (unpaired) electrons. The van der Waals surface area contributed by atoms with Crippen LogP contribution < -0.4 is 20.4 Å². The maximum atomic E-state index is 11.9. The van der Waals surface area contributed by atoms with Gasteiger partial charge in [0, 0.05) is 48.9 Å². The largest absolute Gasteiger partial charge is 0.496 e. The number of hydrazone groups is 1. The van der Waals surface area contributed by atoms with Gasteiger partial charge in [-0.1, -0.05) is 18.2 Å². The second-order valence-corrected chi connectivity index (χ2v) is 6.31. The second kappa shape index (κ2) is 11.5. The first kappa shape index (κ1) is 21.9. The first-order chi connectivity index (χ1) is 14.1. The molecule has 0 aliphatic heterocycles. The highest BCUT2D eigenvalue weighted by molar-refractivity contribution is 5.93. The van der Waals surface area contributed by atoms with Crippen molar-refractivity contribution in [2.75, 3.05) is 30.4 Å². The molecule has 154 valence electrons. The number of ether oxygens (including phenoxy) is 1. The number of hydrogen-bond donors (Lipinski definition) is 2. The highest BCUT2D eigenvalue weighted by Crippen LogP contribution is 2.24. The molecule has 0 aliphatic carbocycles. The third kappa shape index (κ3) is 6.95. The lowest BCUT2D eigenvalue weighted by Crippen LogP contribution is -2.22. The highest BCUT2D eigenvalue weighted by atomic mass is 16.5. The Bertz CT molecular complexity index is 833. The van der Waals surface area contributed by atoms with Gasteiger partial charge in [-0.15, -0.1) is 0 Å². The van der Waals surface area contributed by atoms with Crippen molar-refractivity contribution in [1.29, 1.82) is 0 Å². The van der Waals surface area contributed by atoms with Gasteiger partial charge in [-0.25, -0.2) is 5.43 Å². The van der Waals surface area contributed by atoms with Crippen molar-refractivity contribution in [2.45, 2.75) is 26.7 Å². The number of benzene rings is 2. The van der Waals surface area contributed by atoms with E-state index in [9.17, 15) is 9.59 Å². The Kier molecular flexibility index (Phi) is 8.69. The van der Waals surface area contributed by atoms with Crippen LogP contribution in [-0.2, 0) is 9.59 Å². The van der Waals surface area contributed by atoms with Crippen molar-refractivity contribution >= 4 is 29.4 Å². The standard InChI is InChI=1S/C22H28N4O3/c1-4-26(5-2)19-12-11-17(20(15-19)29-3)16-23-25-22(28)14-13-21(27)24-18-9-7-6-8-10-18/h6-12,15-16H,4-5,13-14H2,1-3H3,(H,24,27)(H,25,28). The van der Waals surface area contributed by atoms with Crippen molar-refractivity contribution in [1.82, 2.24) is 5.43 Å². The molecule has 2 aromatic carbocycles. The molecule has 0 aromatic heterocycles. The SMILES string of the molecule is CCN(CC)c1ccc(C=NNC(=O)CCC(=O)Nc2ccccc2)c(OC)c1. The van der Waals surface area contributed by atoms with E-state index in [1.54, 1.807) is 19.2 Å². The van der Waals surface area contributed by atoms with E-state index in [1.165, 1.54) is 6.21 Å². The van der Waals surface area contributed by atoms with E-state index in [0.717, 1.165) is 24.3 Å². The number of nitrogens with one attached hydrogen (secondary N) is 2. The monoisotopic (exact) mass is 396 g/mol. The lowest BCUT2D eigenvalue weighted by atomic mass is 10.2. The van der Waals surface area contributed by atoms with E-state index in [0.29, 0.717) is 11.4 Å². The number of carbonyl (C=O) groups excluding carboxylic acids is 2. The smallest absolute Gasteiger partial charge is 0.240 e. The van der Waals surface area contributed by atoms with Gasteiger partial charge in [0.2, 0.25) is 11.8 Å². The van der Waals surface area contributed by atoms with Crippen LogP contribution in [0.5, 0.6) is 5.75 Å². The van der Waals surface area contributed by atoms with Crippen LogP contribution in [0.15, 0.2) is 53.6 Å². The number of nitrogens with zero attached hydrogens (tertiary/aromatic N) is 2. The number of anilines is 2. The van der Waals surface area contributed by atoms with Gasteiger partial charge in [0.15, 0.2) is 0 Å². The molecular formula is C22H28N4O3. The van der Waals surface area contributed by atoms with Gasteiger partial charge in [-0.2, -0.15) is 5.10 Å². The molecule has 7 nitrogen and oxygen atoms in total. The van der Waals surface area contributed by atoms with E-state index >= 15 is 0 Å². The van der Waals surface area contributed by atoms with Gasteiger partial charge in [-0.05, 0) is 38.1 Å². The fraction of sp³-hybridized carbons (Fsp3) is 0.318. The number of carbonyl (C=O) groups is 2. The van der Waals surface area contributed by atoms with Gasteiger partial charge in [0.05, 0.1) is 13.3 Å². The average molecular weight is 396 g/mol. The summed E-state index contributed by atoms with van der Waals surface area (Å²) in [4.78, 5) is 26.0. The summed E-state index contributed by atoms with van der Waals surface area (Å²) in [5.41, 5.74) is 4.97. The van der Waals surface area contributed by atoms with Crippen LogP contribution in [0.25, 0.3) is 0 Å². The summed E-state index contributed by atoms with van der Waals surface area (Å²) in [5, 5.41) is 6.72. The normalized spacial score (nSPS) is 10.6. The van der Waals surface area contributed by atoms with Gasteiger partial charge < -0.3 is 15.0 Å². The minimum Gasteiger partial charge on any atom is -0.496 e. The molecule has 0 unspecified atom stereocenters. The Morgan fingerprint density at radius 3 is 2.38 bits per heavy atom. The summed E-state index contributed by atoms with van der Waals surface area (Å²) in [6.07, 6.45) is 1.67. The second-order valence-electron chi connectivity index (χ2n) is 6.31. The molecule has 2 amide bonds. The molecule has 0 spiro atoms. The van der Waals surface area contributed by atoms with Crippen molar-refractivity contribution < 1.29 is 14.3 Å². The fourth-order valence-electron chi connectivity index (χ4n) is 2.79. The summed E-state index contributed by atoms with van der Waals surface area (Å²) in [6, 6.07) is 15.0. The van der Waals surface area contributed by atoms with Gasteiger partial charge in [0.1, 0.15) is 5.75 Å². The zero-order valence-corrected chi connectivity index (χ0v) is 17.1. The Hall–Kier alpha value is -3.35. The molecule has 0 saturated heterocycles. The number of rotatable bonds is 10. The summed E-state index contributed by atoms with van der Waals surface area (Å²) in [7, 11) is 1.60. The molecule has 0 heterocycles. The van der Waals surface area contributed by atoms with Crippen LogP contribution in [0.3, 0.4) is 0 Å². The van der Waals surface area contributed by atoms with Crippen molar-refractivity contribution in [3.05, 3.63) is 54.1 Å². The van der Waals surface area contributed by atoms with Crippen LogP contribution in [0, 0.1) is 0 Å². The molecule has 2 aromatic rings. The molecule has 0 aliphatic rings. The molecule has 0 saturated carbocycles. The highest BCUT2D eigenvalue weighted by Gasteiger charge is 2.08. The predicted molar refractivity (Wildman–Crippen MR) is 117 cm³/mol. The zero-order valence-electron chi connectivity index (χ0n) is 17.1. The predicted octanol–water partition coefficient (Wildman–Crippen LogP) is 3.41. The number of amides is 2. The molecule has 2 N–H and O–H groups in total. The van der Waals surface area contributed by atoms with Crippen LogP contribution in [0.1, 0.15) is 32.3 Å².